The van der Waals surface area contributed by atoms with Gasteiger partial charge in [-0.1, -0.05) is 30.3 Å². The Hall–Kier alpha value is -2.47. The van der Waals surface area contributed by atoms with Gasteiger partial charge in [0.15, 0.2) is 5.82 Å². The largest absolute Gasteiger partial charge is 0.309 e. The number of nitrogens with one attached hydrogen (secondary N) is 2. The summed E-state index contributed by atoms with van der Waals surface area (Å²) in [7, 11) is 0. The summed E-state index contributed by atoms with van der Waals surface area (Å²) in [4.78, 5) is 21.2. The highest BCUT2D eigenvalue weighted by molar-refractivity contribution is 5.56. The van der Waals surface area contributed by atoms with Crippen LogP contribution < -0.4 is 10.9 Å². The molecule has 21 heavy (non-hydrogen) atoms. The number of H-pyrrole nitrogens is 1. The van der Waals surface area contributed by atoms with E-state index in [9.17, 15) is 4.79 Å². The molecule has 4 rings (SSSR count). The van der Waals surface area contributed by atoms with E-state index in [1.807, 2.05) is 30.3 Å². The Bertz CT molecular complexity index is 830. The molecule has 1 saturated heterocycles. The van der Waals surface area contributed by atoms with Gasteiger partial charge in [-0.15, -0.1) is 0 Å². The first-order valence-electron chi connectivity index (χ1n) is 7.10. The average Bonchev–Trinajstić information content (AvgIpc) is 3.17. The molecule has 0 saturated carbocycles. The second kappa shape index (κ2) is 4.82. The molecular weight excluding hydrogens is 266 g/mol. The van der Waals surface area contributed by atoms with E-state index in [-0.39, 0.29) is 11.6 Å². The predicted molar refractivity (Wildman–Crippen MR) is 79.0 cm³/mol. The van der Waals surface area contributed by atoms with Crippen LogP contribution in [0.1, 0.15) is 24.6 Å². The van der Waals surface area contributed by atoms with Gasteiger partial charge in [0.05, 0.1) is 5.69 Å². The molecule has 0 aliphatic carbocycles. The highest BCUT2D eigenvalue weighted by Gasteiger charge is 2.19. The third kappa shape index (κ3) is 2.13. The van der Waals surface area contributed by atoms with Crippen LogP contribution in [0, 0.1) is 0 Å². The van der Waals surface area contributed by atoms with Gasteiger partial charge in [-0.2, -0.15) is 9.50 Å². The van der Waals surface area contributed by atoms with Crippen molar-refractivity contribution >= 4 is 5.78 Å². The minimum atomic E-state index is -0.126. The maximum absolute atomic E-state index is 12.2. The standard InChI is InChI=1S/C15H15N5O/c21-13-9-12(11-7-4-8-16-11)17-15-18-14(19-20(13)15)10-5-2-1-3-6-10/h1-3,5-6,9,11,16H,4,7-8H2,(H,17,18,19). The van der Waals surface area contributed by atoms with Crippen LogP contribution in [0.2, 0.25) is 0 Å². The number of aromatic nitrogens is 4. The fraction of sp³-hybridized carbons (Fsp3) is 0.267. The predicted octanol–water partition coefficient (Wildman–Crippen LogP) is 1.51. The number of nitrogens with zero attached hydrogens (tertiary/aromatic N) is 3. The lowest BCUT2D eigenvalue weighted by Gasteiger charge is -2.07. The number of fused-ring (bicyclic) bond motifs is 1. The van der Waals surface area contributed by atoms with Crippen LogP contribution in [-0.4, -0.2) is 26.1 Å². The van der Waals surface area contributed by atoms with Gasteiger partial charge in [-0.3, -0.25) is 9.89 Å². The third-order valence-electron chi connectivity index (χ3n) is 3.81. The van der Waals surface area contributed by atoms with E-state index < -0.39 is 0 Å². The normalized spacial score (nSPS) is 18.4. The van der Waals surface area contributed by atoms with Gasteiger partial charge in [0.2, 0.25) is 0 Å². The van der Waals surface area contributed by atoms with Gasteiger partial charge >= 0.3 is 0 Å². The minimum absolute atomic E-state index is 0.126. The Morgan fingerprint density at radius 2 is 2.05 bits per heavy atom. The summed E-state index contributed by atoms with van der Waals surface area (Å²) in [6, 6.07) is 11.5. The molecule has 0 spiro atoms. The van der Waals surface area contributed by atoms with E-state index in [0.717, 1.165) is 30.6 Å². The highest BCUT2D eigenvalue weighted by atomic mass is 16.1. The summed E-state index contributed by atoms with van der Waals surface area (Å²) < 4.78 is 1.39. The van der Waals surface area contributed by atoms with Crippen LogP contribution in [0.4, 0.5) is 0 Å². The van der Waals surface area contributed by atoms with Crippen molar-refractivity contribution in [2.45, 2.75) is 18.9 Å². The van der Waals surface area contributed by atoms with Crippen molar-refractivity contribution in [3.05, 3.63) is 52.4 Å². The lowest BCUT2D eigenvalue weighted by molar-refractivity contribution is 0.624. The van der Waals surface area contributed by atoms with Gasteiger partial charge in [-0.05, 0) is 19.4 Å². The molecule has 6 nitrogen and oxygen atoms in total. The molecule has 1 fully saturated rings. The van der Waals surface area contributed by atoms with Gasteiger partial charge < -0.3 is 5.32 Å². The van der Waals surface area contributed by atoms with Crippen molar-refractivity contribution in [3.8, 4) is 11.4 Å². The Morgan fingerprint density at radius 3 is 2.81 bits per heavy atom. The quantitative estimate of drug-likeness (QED) is 0.746. The van der Waals surface area contributed by atoms with E-state index >= 15 is 0 Å². The summed E-state index contributed by atoms with van der Waals surface area (Å²) in [6.45, 7) is 0.974. The number of aromatic amines is 1. The molecule has 106 valence electrons. The fourth-order valence-electron chi connectivity index (χ4n) is 2.74. The number of hydrogen-bond acceptors (Lipinski definition) is 4. The molecule has 2 N–H and O–H groups in total. The minimum Gasteiger partial charge on any atom is -0.309 e. The van der Waals surface area contributed by atoms with Crippen molar-refractivity contribution in [1.29, 1.82) is 0 Å². The first-order valence-corrected chi connectivity index (χ1v) is 7.10. The van der Waals surface area contributed by atoms with Gasteiger partial charge in [-0.25, -0.2) is 4.98 Å². The summed E-state index contributed by atoms with van der Waals surface area (Å²) in [5.74, 6) is 1.07. The Labute approximate surface area is 120 Å². The topological polar surface area (TPSA) is 75.1 Å². The molecule has 0 amide bonds. The molecular formula is C15H15N5O. The van der Waals surface area contributed by atoms with Crippen molar-refractivity contribution < 1.29 is 0 Å². The van der Waals surface area contributed by atoms with Crippen LogP contribution in [0.3, 0.4) is 0 Å². The fourth-order valence-corrected chi connectivity index (χ4v) is 2.74. The first kappa shape index (κ1) is 12.3. The summed E-state index contributed by atoms with van der Waals surface area (Å²) in [5.41, 5.74) is 1.59. The van der Waals surface area contributed by atoms with Crippen LogP contribution in [0.15, 0.2) is 41.2 Å². The summed E-state index contributed by atoms with van der Waals surface area (Å²) >= 11 is 0. The highest BCUT2D eigenvalue weighted by Crippen LogP contribution is 2.21. The Kier molecular flexibility index (Phi) is 2.82. The van der Waals surface area contributed by atoms with Gasteiger partial charge in [0.1, 0.15) is 0 Å². The lowest BCUT2D eigenvalue weighted by atomic mass is 10.1. The van der Waals surface area contributed by atoms with E-state index in [1.165, 1.54) is 4.52 Å². The molecule has 3 heterocycles. The zero-order valence-electron chi connectivity index (χ0n) is 11.4. The van der Waals surface area contributed by atoms with Gasteiger partial charge in [0.25, 0.3) is 11.3 Å². The molecule has 1 unspecified atom stereocenters. The SMILES string of the molecule is O=c1cc(C2CCCN2)nc2nc(-c3ccccc3)[nH]n12. The van der Waals surface area contributed by atoms with E-state index in [2.05, 4.69) is 20.4 Å². The zero-order chi connectivity index (χ0) is 14.2. The lowest BCUT2D eigenvalue weighted by Crippen LogP contribution is -2.21. The number of hydrogen-bond donors (Lipinski definition) is 2. The Morgan fingerprint density at radius 1 is 1.19 bits per heavy atom. The average molecular weight is 281 g/mol. The molecule has 1 atom stereocenters. The molecule has 3 aromatic rings. The molecule has 1 aliphatic heterocycles. The van der Waals surface area contributed by atoms with E-state index in [0.29, 0.717) is 11.6 Å². The van der Waals surface area contributed by atoms with Crippen LogP contribution in [-0.2, 0) is 0 Å². The van der Waals surface area contributed by atoms with E-state index in [4.69, 9.17) is 0 Å². The maximum atomic E-state index is 12.2. The molecule has 0 bridgehead atoms. The molecule has 6 heteroatoms. The third-order valence-corrected chi connectivity index (χ3v) is 3.81. The molecule has 1 aromatic carbocycles. The number of benzene rings is 1. The van der Waals surface area contributed by atoms with Crippen LogP contribution in [0.5, 0.6) is 0 Å². The van der Waals surface area contributed by atoms with Crippen molar-refractivity contribution in [2.24, 2.45) is 0 Å². The van der Waals surface area contributed by atoms with Crippen LogP contribution >= 0.6 is 0 Å². The van der Waals surface area contributed by atoms with Crippen molar-refractivity contribution in [1.82, 2.24) is 24.9 Å². The van der Waals surface area contributed by atoms with Crippen molar-refractivity contribution in [2.75, 3.05) is 6.54 Å². The number of rotatable bonds is 2. The molecule has 1 aliphatic rings. The summed E-state index contributed by atoms with van der Waals surface area (Å²) in [6.07, 6.45) is 2.13. The second-order valence-electron chi connectivity index (χ2n) is 5.24. The summed E-state index contributed by atoms with van der Waals surface area (Å²) in [5, 5.41) is 6.36. The van der Waals surface area contributed by atoms with Gasteiger partial charge in [0, 0.05) is 17.7 Å². The molecule has 0 radical (unpaired) electrons. The first-order chi connectivity index (χ1) is 10.3. The second-order valence-corrected chi connectivity index (χ2v) is 5.24. The maximum Gasteiger partial charge on any atom is 0.274 e. The van der Waals surface area contributed by atoms with E-state index in [1.54, 1.807) is 6.07 Å². The smallest absolute Gasteiger partial charge is 0.274 e. The Balaban J connectivity index is 1.84. The van der Waals surface area contributed by atoms with Crippen LogP contribution in [0.25, 0.3) is 17.2 Å². The van der Waals surface area contributed by atoms with Crippen molar-refractivity contribution in [3.63, 3.8) is 0 Å². The zero-order valence-corrected chi connectivity index (χ0v) is 11.4. The molecule has 2 aromatic heterocycles. The monoisotopic (exact) mass is 281 g/mol.